The van der Waals surface area contributed by atoms with Crippen LogP contribution in [0.2, 0.25) is 10.0 Å². The first-order chi connectivity index (χ1) is 23.7. The summed E-state index contributed by atoms with van der Waals surface area (Å²) in [7, 11) is -1.02. The molecule has 2 N–H and O–H groups in total. The second-order valence-electron chi connectivity index (χ2n) is 13.1. The Morgan fingerprint density at radius 3 is 1.92 bits per heavy atom. The van der Waals surface area contributed by atoms with Crippen molar-refractivity contribution in [1.29, 1.82) is 0 Å². The molecule has 0 bridgehead atoms. The van der Waals surface area contributed by atoms with Gasteiger partial charge in [0.05, 0.1) is 42.7 Å². The molecule has 2 fully saturated rings. The van der Waals surface area contributed by atoms with Gasteiger partial charge in [0, 0.05) is 75.4 Å². The monoisotopic (exact) mass is 739 g/mol. The average Bonchev–Trinajstić information content (AvgIpc) is 3.66. The lowest BCUT2D eigenvalue weighted by molar-refractivity contribution is 0.0343. The molecule has 3 aromatic carbocycles. The van der Waals surface area contributed by atoms with Crippen LogP contribution in [0.5, 0.6) is 0 Å². The van der Waals surface area contributed by atoms with Gasteiger partial charge in [0.1, 0.15) is 0 Å². The molecule has 1 atom stereocenters. The minimum Gasteiger partial charge on any atom is -0.465 e. The van der Waals surface area contributed by atoms with Gasteiger partial charge in [-0.3, -0.25) is 0 Å². The zero-order valence-electron chi connectivity index (χ0n) is 28.1. The van der Waals surface area contributed by atoms with Crippen LogP contribution >= 0.6 is 23.2 Å². The molecule has 0 aliphatic carbocycles. The molecule has 11 nitrogen and oxygen atoms in total. The highest BCUT2D eigenvalue weighted by Gasteiger charge is 2.36. The molecule has 5 aromatic rings. The number of ether oxygens (including phenoxy) is 2. The van der Waals surface area contributed by atoms with Gasteiger partial charge in [-0.05, 0) is 35.7 Å². The molecule has 2 aliphatic rings. The number of sulfonamides is 1. The van der Waals surface area contributed by atoms with E-state index < -0.39 is 29.1 Å². The number of benzene rings is 3. The van der Waals surface area contributed by atoms with Crippen LogP contribution in [0.25, 0.3) is 32.9 Å². The summed E-state index contributed by atoms with van der Waals surface area (Å²) in [6.45, 7) is 5.88. The molecule has 4 heterocycles. The molecule has 1 unspecified atom stereocenters. The Labute approximate surface area is 300 Å². The third-order valence-corrected chi connectivity index (χ3v) is 10.8. The van der Waals surface area contributed by atoms with E-state index in [9.17, 15) is 18.0 Å². The van der Waals surface area contributed by atoms with E-state index in [1.54, 1.807) is 24.5 Å². The van der Waals surface area contributed by atoms with E-state index in [1.807, 2.05) is 36.4 Å². The highest BCUT2D eigenvalue weighted by molar-refractivity contribution is 7.88. The second kappa shape index (κ2) is 14.1. The molecule has 2 aliphatic heterocycles. The summed E-state index contributed by atoms with van der Waals surface area (Å²) < 4.78 is 46.3. The molecule has 7 rings (SSSR count). The van der Waals surface area contributed by atoms with E-state index in [4.69, 9.17) is 42.0 Å². The molecule has 0 radical (unpaired) electrons. The number of carbonyl (C=O) groups is 2. The van der Waals surface area contributed by atoms with Crippen molar-refractivity contribution in [3.63, 3.8) is 0 Å². The summed E-state index contributed by atoms with van der Waals surface area (Å²) in [5.41, 5.74) is 5.77. The lowest BCUT2D eigenvalue weighted by Crippen LogP contribution is -2.47. The fraction of sp³-hybridized carbons (Fsp3) is 0.314. The molecular weight excluding hydrogens is 704 g/mol. The zero-order valence-corrected chi connectivity index (χ0v) is 30.5. The number of hydrogen-bond donors (Lipinski definition) is 2. The molecule has 2 saturated heterocycles. The van der Waals surface area contributed by atoms with Gasteiger partial charge < -0.3 is 28.8 Å². The van der Waals surface area contributed by atoms with Crippen LogP contribution in [-0.4, -0.2) is 82.0 Å². The topological polar surface area (TPSA) is 140 Å². The third-order valence-electron chi connectivity index (χ3n) is 8.89. The average molecular weight is 740 g/mol. The highest BCUT2D eigenvalue weighted by atomic mass is 35.5. The SMILES string of the molecule is COC(=O)c1c[nH]c2cc(Cl)c(-c3ccc(C4CCN4S(C)(=O)=O)cc3)cc12.COC(=O)c1c[nH]c2cc(Cl)c(B3OCC(C)(C)CO3)cc12. The van der Waals surface area contributed by atoms with Gasteiger partial charge in [0.2, 0.25) is 10.0 Å². The van der Waals surface area contributed by atoms with Crippen molar-refractivity contribution in [3.05, 3.63) is 87.7 Å². The predicted octanol–water partition coefficient (Wildman–Crippen LogP) is 6.36. The van der Waals surface area contributed by atoms with Gasteiger partial charge >= 0.3 is 19.1 Å². The molecule has 262 valence electrons. The lowest BCUT2D eigenvalue weighted by atomic mass is 9.75. The van der Waals surface area contributed by atoms with E-state index in [2.05, 4.69) is 23.8 Å². The van der Waals surface area contributed by atoms with Gasteiger partial charge in [0.25, 0.3) is 0 Å². The van der Waals surface area contributed by atoms with Gasteiger partial charge in [-0.15, -0.1) is 0 Å². The van der Waals surface area contributed by atoms with Crippen LogP contribution in [0.15, 0.2) is 60.9 Å². The van der Waals surface area contributed by atoms with Gasteiger partial charge in [0.15, 0.2) is 0 Å². The van der Waals surface area contributed by atoms with Crippen molar-refractivity contribution < 1.29 is 36.8 Å². The standard InChI is InChI=1S/C20H19ClN2O4S.C15H17BClNO4/c1-27-20(24)16-11-22-18-10-17(21)14(9-15(16)18)12-3-5-13(6-4-12)19-7-8-23(19)28(2,25)26;1-15(2)7-21-16(22-8-15)11-4-9-10(14(19)20-3)6-18-13(9)5-12(11)17/h3-6,9-11,19,22H,7-8H2,1-2H3;4-6,18H,7-8H2,1-3H3. The van der Waals surface area contributed by atoms with Crippen molar-refractivity contribution in [1.82, 2.24) is 14.3 Å². The lowest BCUT2D eigenvalue weighted by Gasteiger charge is -2.39. The zero-order chi connectivity index (χ0) is 36.0. The van der Waals surface area contributed by atoms with Crippen molar-refractivity contribution in [2.24, 2.45) is 5.41 Å². The number of esters is 2. The first-order valence-electron chi connectivity index (χ1n) is 15.8. The molecule has 15 heteroatoms. The number of fused-ring (bicyclic) bond motifs is 2. The number of nitrogens with one attached hydrogen (secondary N) is 2. The normalized spacial score (nSPS) is 17.6. The van der Waals surface area contributed by atoms with Crippen LogP contribution < -0.4 is 5.46 Å². The fourth-order valence-corrected chi connectivity index (χ4v) is 7.76. The number of nitrogens with zero attached hydrogens (tertiary/aromatic N) is 1. The van der Waals surface area contributed by atoms with E-state index in [0.717, 1.165) is 50.4 Å². The van der Waals surface area contributed by atoms with Crippen LogP contribution in [-0.2, 0) is 28.8 Å². The van der Waals surface area contributed by atoms with Gasteiger partial charge in [-0.25, -0.2) is 18.0 Å². The number of rotatable bonds is 6. The first kappa shape index (κ1) is 36.0. The maximum absolute atomic E-state index is 12.0. The number of hydrogen-bond acceptors (Lipinski definition) is 8. The number of aromatic nitrogens is 2. The first-order valence-corrected chi connectivity index (χ1v) is 18.4. The number of aromatic amines is 2. The largest absolute Gasteiger partial charge is 0.495 e. The minimum absolute atomic E-state index is 0.0155. The Hall–Kier alpha value is -3.85. The molecule has 0 saturated carbocycles. The Morgan fingerprint density at radius 1 is 0.880 bits per heavy atom. The molecule has 0 amide bonds. The summed E-state index contributed by atoms with van der Waals surface area (Å²) in [5.74, 6) is -0.813. The van der Waals surface area contributed by atoms with Crippen LogP contribution in [0, 0.1) is 5.41 Å². The molecule has 0 spiro atoms. The van der Waals surface area contributed by atoms with Crippen LogP contribution in [0.4, 0.5) is 0 Å². The number of methoxy groups -OCH3 is 2. The Bertz CT molecular complexity index is 2190. The highest BCUT2D eigenvalue weighted by Crippen LogP contribution is 2.38. The fourth-order valence-electron chi connectivity index (χ4n) is 6.11. The van der Waals surface area contributed by atoms with Crippen molar-refractivity contribution in [2.75, 3.05) is 40.2 Å². The van der Waals surface area contributed by atoms with Crippen molar-refractivity contribution in [2.45, 2.75) is 26.3 Å². The third kappa shape index (κ3) is 7.16. The molecular formula is C35H36BCl2N3O8S. The van der Waals surface area contributed by atoms with Crippen molar-refractivity contribution >= 4 is 79.6 Å². The van der Waals surface area contributed by atoms with E-state index >= 15 is 0 Å². The maximum Gasteiger partial charge on any atom is 0.495 e. The van der Waals surface area contributed by atoms with E-state index in [-0.39, 0.29) is 11.5 Å². The van der Waals surface area contributed by atoms with E-state index in [0.29, 0.717) is 40.9 Å². The Kier molecular flexibility index (Phi) is 10.1. The number of carbonyl (C=O) groups excluding carboxylic acids is 2. The van der Waals surface area contributed by atoms with Crippen LogP contribution in [0.3, 0.4) is 0 Å². The van der Waals surface area contributed by atoms with Crippen LogP contribution in [0.1, 0.15) is 52.6 Å². The second-order valence-corrected chi connectivity index (χ2v) is 15.9. The summed E-state index contributed by atoms with van der Waals surface area (Å²) in [6.07, 6.45) is 5.27. The summed E-state index contributed by atoms with van der Waals surface area (Å²) in [5, 5.41) is 2.57. The van der Waals surface area contributed by atoms with Gasteiger partial charge in [-0.1, -0.05) is 67.4 Å². The van der Waals surface area contributed by atoms with E-state index in [1.165, 1.54) is 24.8 Å². The summed E-state index contributed by atoms with van der Waals surface area (Å²) in [6, 6.07) is 14.8. The molecule has 50 heavy (non-hydrogen) atoms. The smallest absolute Gasteiger partial charge is 0.465 e. The molecule has 2 aromatic heterocycles. The Morgan fingerprint density at radius 2 is 1.42 bits per heavy atom. The summed E-state index contributed by atoms with van der Waals surface area (Å²) in [4.78, 5) is 29.8. The van der Waals surface area contributed by atoms with Crippen molar-refractivity contribution in [3.8, 4) is 11.1 Å². The quantitative estimate of drug-likeness (QED) is 0.152. The predicted molar refractivity (Wildman–Crippen MR) is 195 cm³/mol. The Balaban J connectivity index is 0.000000178. The number of H-pyrrole nitrogens is 2. The van der Waals surface area contributed by atoms with Gasteiger partial charge in [-0.2, -0.15) is 4.31 Å². The maximum atomic E-state index is 12.0. The summed E-state index contributed by atoms with van der Waals surface area (Å²) >= 11 is 12.8. The number of halogens is 2. The minimum atomic E-state index is -3.20.